The number of thiophene rings is 1. The average Bonchev–Trinajstić information content (AvgIpc) is 3.47. The molecule has 0 aliphatic heterocycles. The number of unbranched alkanes of at least 4 members (excludes halogenated alkanes) is 4. The summed E-state index contributed by atoms with van der Waals surface area (Å²) < 4.78 is 6.86. The van der Waals surface area contributed by atoms with Gasteiger partial charge in [-0.3, -0.25) is 4.79 Å². The normalized spacial score (nSPS) is 12.6. The van der Waals surface area contributed by atoms with E-state index in [0.29, 0.717) is 10.7 Å². The van der Waals surface area contributed by atoms with Gasteiger partial charge in [0.05, 0.1) is 11.5 Å². The van der Waals surface area contributed by atoms with Crippen molar-refractivity contribution < 1.29 is 19.4 Å². The highest BCUT2D eigenvalue weighted by molar-refractivity contribution is 7.20. The third-order valence-corrected chi connectivity index (χ3v) is 8.61. The number of aliphatic carboxylic acids is 1. The maximum Gasteiger partial charge on any atom is 0.326 e. The quantitative estimate of drug-likeness (QED) is 0.0788. The van der Waals surface area contributed by atoms with E-state index in [9.17, 15) is 14.7 Å². The van der Waals surface area contributed by atoms with Crippen LogP contribution < -0.4 is 10.1 Å². The van der Waals surface area contributed by atoms with Crippen LogP contribution in [0.3, 0.4) is 0 Å². The Bertz CT molecular complexity index is 1670. The first-order valence-corrected chi connectivity index (χ1v) is 16.2. The van der Waals surface area contributed by atoms with Crippen LogP contribution in [0.4, 0.5) is 0 Å². The van der Waals surface area contributed by atoms with E-state index in [1.807, 2.05) is 80.6 Å². The van der Waals surface area contributed by atoms with Crippen LogP contribution in [-0.2, 0) is 11.2 Å². The Labute approximate surface area is 269 Å². The molecule has 0 fully saturated rings. The molecule has 0 spiro atoms. The second-order valence-electron chi connectivity index (χ2n) is 11.1. The maximum atomic E-state index is 12.9. The van der Waals surface area contributed by atoms with E-state index in [1.165, 1.54) is 37.0 Å². The van der Waals surface area contributed by atoms with Crippen molar-refractivity contribution in [3.05, 3.63) is 106 Å². The van der Waals surface area contributed by atoms with Gasteiger partial charge in [-0.1, -0.05) is 81.1 Å². The van der Waals surface area contributed by atoms with Crippen molar-refractivity contribution in [2.75, 3.05) is 6.61 Å². The van der Waals surface area contributed by atoms with Crippen LogP contribution in [0.5, 0.6) is 5.75 Å². The van der Waals surface area contributed by atoms with E-state index in [0.717, 1.165) is 56.7 Å². The molecule has 4 aromatic rings. The first-order valence-electron chi connectivity index (χ1n) is 15.3. The number of nitrogens with one attached hydrogen (secondary N) is 1. The van der Waals surface area contributed by atoms with Crippen molar-refractivity contribution in [1.82, 2.24) is 5.32 Å². The van der Waals surface area contributed by atoms with Gasteiger partial charge in [0.2, 0.25) is 0 Å². The van der Waals surface area contributed by atoms with Crippen LogP contribution in [0.1, 0.15) is 77.9 Å². The number of carboxylic acid groups (broad SMARTS) is 1. The van der Waals surface area contributed by atoms with Crippen molar-refractivity contribution in [2.45, 2.75) is 65.3 Å². The first kappa shape index (κ1) is 33.3. The summed E-state index contributed by atoms with van der Waals surface area (Å²) in [5.41, 5.74) is 4.61. The number of hydrogen-bond donors (Lipinski definition) is 2. The molecular formula is C37H41N3O4S. The Morgan fingerprint density at radius 3 is 2.38 bits per heavy atom. The molecule has 1 aromatic heterocycles. The number of rotatable bonds is 15. The van der Waals surface area contributed by atoms with E-state index in [2.05, 4.69) is 28.9 Å². The van der Waals surface area contributed by atoms with Gasteiger partial charge in [0.1, 0.15) is 11.8 Å². The molecule has 1 heterocycles. The zero-order chi connectivity index (χ0) is 32.2. The lowest BCUT2D eigenvalue weighted by atomic mass is 10.0. The summed E-state index contributed by atoms with van der Waals surface area (Å²) >= 11 is 1.35. The number of nitrogens with zero attached hydrogens (tertiary/aromatic N) is 2. The molecule has 0 saturated carbocycles. The van der Waals surface area contributed by atoms with Gasteiger partial charge in [0.25, 0.3) is 5.91 Å². The molecule has 1 amide bonds. The van der Waals surface area contributed by atoms with Gasteiger partial charge in [0, 0.05) is 22.9 Å². The number of amides is 1. The minimum absolute atomic E-state index is 0.136. The predicted molar refractivity (Wildman–Crippen MR) is 186 cm³/mol. The van der Waals surface area contributed by atoms with Gasteiger partial charge in [-0.15, -0.1) is 11.3 Å². The third-order valence-electron chi connectivity index (χ3n) is 7.51. The summed E-state index contributed by atoms with van der Waals surface area (Å²) in [6.45, 7) is 10.6. The van der Waals surface area contributed by atoms with E-state index in [4.69, 9.17) is 4.74 Å². The van der Waals surface area contributed by atoms with Gasteiger partial charge >= 0.3 is 5.97 Å². The number of carbonyl (C=O) groups is 2. The molecule has 0 radical (unpaired) electrons. The zero-order valence-electron chi connectivity index (χ0n) is 26.2. The van der Waals surface area contributed by atoms with E-state index < -0.39 is 17.9 Å². The van der Waals surface area contributed by atoms with Crippen molar-refractivity contribution in [1.29, 1.82) is 0 Å². The number of ether oxygens (including phenoxy) is 1. The van der Waals surface area contributed by atoms with E-state index in [-0.39, 0.29) is 6.42 Å². The molecule has 0 aliphatic rings. The lowest BCUT2D eigenvalue weighted by molar-refractivity contribution is -0.139. The fourth-order valence-electron chi connectivity index (χ4n) is 4.85. The Balaban J connectivity index is 1.35. The van der Waals surface area contributed by atoms with Gasteiger partial charge in [-0.05, 0) is 78.9 Å². The largest absolute Gasteiger partial charge is 0.494 e. The second-order valence-corrected chi connectivity index (χ2v) is 12.2. The molecule has 8 heteroatoms. The molecule has 1 atom stereocenters. The monoisotopic (exact) mass is 623 g/mol. The highest BCUT2D eigenvalue weighted by atomic mass is 32.1. The zero-order valence-corrected chi connectivity index (χ0v) is 27.0. The van der Waals surface area contributed by atoms with Crippen LogP contribution >= 0.6 is 11.3 Å². The van der Waals surface area contributed by atoms with Crippen molar-refractivity contribution in [2.24, 2.45) is 9.98 Å². The highest BCUT2D eigenvalue weighted by Crippen LogP contribution is 2.27. The number of carboxylic acids is 1. The first-order chi connectivity index (χ1) is 21.8. The van der Waals surface area contributed by atoms with Crippen molar-refractivity contribution in [3.8, 4) is 5.75 Å². The number of fused-ring (bicyclic) bond motifs is 1. The SMILES string of the molecule is C=NC(=N/C=C(\C)c1ccc(OCCCCCCC)cc1)c1ccc(C[C@H](NC(=O)c2cc3ccc(C)cc3s2)C(=O)O)cc1. The van der Waals surface area contributed by atoms with Crippen LogP contribution in [0.15, 0.2) is 89.0 Å². The molecular weight excluding hydrogens is 582 g/mol. The molecule has 4 rings (SSSR count). The molecule has 234 valence electrons. The molecule has 0 aliphatic carbocycles. The molecule has 2 N–H and O–H groups in total. The van der Waals surface area contributed by atoms with Gasteiger partial charge in [-0.25, -0.2) is 14.8 Å². The molecule has 0 bridgehead atoms. The second kappa shape index (κ2) is 16.5. The maximum absolute atomic E-state index is 12.9. The van der Waals surface area contributed by atoms with E-state index in [1.54, 1.807) is 12.3 Å². The lowest BCUT2D eigenvalue weighted by Gasteiger charge is -2.14. The van der Waals surface area contributed by atoms with Crippen LogP contribution in [0.2, 0.25) is 0 Å². The summed E-state index contributed by atoms with van der Waals surface area (Å²) in [6.07, 6.45) is 7.93. The summed E-state index contributed by atoms with van der Waals surface area (Å²) in [5, 5.41) is 13.5. The average molecular weight is 624 g/mol. The van der Waals surface area contributed by atoms with Gasteiger partial charge in [0.15, 0.2) is 5.84 Å². The fraction of sp³-hybridized carbons (Fsp3) is 0.297. The minimum Gasteiger partial charge on any atom is -0.494 e. The standard InChI is InChI=1S/C37H41N3O4S/c1-5-6-7-8-9-20-44-31-18-16-28(17-19-31)26(3)24-39-35(38-4)29-14-11-27(12-15-29)22-32(37(42)43)40-36(41)34-23-30-13-10-25(2)21-33(30)45-34/h10-19,21,23-24,32H,4-9,20,22H2,1-3H3,(H,40,41)(H,42,43)/b26-24+,39-35?/t32-/m0/s1. The highest BCUT2D eigenvalue weighted by Gasteiger charge is 2.22. The summed E-state index contributed by atoms with van der Waals surface area (Å²) in [7, 11) is 0. The Morgan fingerprint density at radius 1 is 0.978 bits per heavy atom. The molecule has 45 heavy (non-hydrogen) atoms. The number of carbonyl (C=O) groups excluding carboxylic acids is 1. The topological polar surface area (TPSA) is 100 Å². The number of allylic oxidation sites excluding steroid dienone is 1. The fourth-order valence-corrected chi connectivity index (χ4v) is 5.92. The summed E-state index contributed by atoms with van der Waals surface area (Å²) in [4.78, 5) is 34.1. The molecule has 0 unspecified atom stereocenters. The van der Waals surface area contributed by atoms with Crippen LogP contribution in [0, 0.1) is 6.92 Å². The lowest BCUT2D eigenvalue weighted by Crippen LogP contribution is -2.42. The number of amidine groups is 1. The third kappa shape index (κ3) is 9.71. The minimum atomic E-state index is -1.10. The van der Waals surface area contributed by atoms with Crippen LogP contribution in [-0.4, -0.2) is 42.2 Å². The number of hydrogen-bond acceptors (Lipinski definition) is 5. The Kier molecular flexibility index (Phi) is 12.2. The molecule has 7 nitrogen and oxygen atoms in total. The van der Waals surface area contributed by atoms with E-state index >= 15 is 0 Å². The van der Waals surface area contributed by atoms with Gasteiger partial charge in [-0.2, -0.15) is 0 Å². The van der Waals surface area contributed by atoms with Crippen molar-refractivity contribution >= 4 is 51.4 Å². The number of benzene rings is 3. The molecule has 3 aromatic carbocycles. The molecule has 0 saturated heterocycles. The summed E-state index contributed by atoms with van der Waals surface area (Å²) in [5.74, 6) is -0.182. The number of aliphatic imine (C=N–C) groups is 2. The summed E-state index contributed by atoms with van der Waals surface area (Å²) in [6, 6.07) is 22.0. The Morgan fingerprint density at radius 2 is 1.69 bits per heavy atom. The smallest absolute Gasteiger partial charge is 0.326 e. The van der Waals surface area contributed by atoms with Gasteiger partial charge < -0.3 is 15.2 Å². The predicted octanol–water partition coefficient (Wildman–Crippen LogP) is 8.49. The number of aryl methyl sites for hydroxylation is 1. The van der Waals surface area contributed by atoms with Crippen molar-refractivity contribution in [3.63, 3.8) is 0 Å². The van der Waals surface area contributed by atoms with Crippen LogP contribution in [0.25, 0.3) is 15.7 Å². The Hall–Kier alpha value is -4.56.